The van der Waals surface area contributed by atoms with Crippen LogP contribution in [0.1, 0.15) is 17.5 Å². The van der Waals surface area contributed by atoms with Crippen LogP contribution in [0.4, 0.5) is 11.4 Å². The predicted molar refractivity (Wildman–Crippen MR) is 128 cm³/mol. The number of aromatic nitrogens is 1. The van der Waals surface area contributed by atoms with Crippen molar-refractivity contribution in [2.75, 3.05) is 10.0 Å². The summed E-state index contributed by atoms with van der Waals surface area (Å²) in [6.45, 7) is 0. The molecule has 1 aromatic heterocycles. The molecule has 0 saturated heterocycles. The fraction of sp³-hybridized carbons (Fsp3) is 0.136. The molecule has 3 aromatic rings. The normalized spacial score (nSPS) is 14.9. The zero-order valence-electron chi connectivity index (χ0n) is 17.2. The molecule has 8 nitrogen and oxygen atoms in total. The lowest BCUT2D eigenvalue weighted by atomic mass is 10.0. The van der Waals surface area contributed by atoms with Gasteiger partial charge in [-0.2, -0.15) is 4.40 Å². The summed E-state index contributed by atoms with van der Waals surface area (Å²) in [7, 11) is -5.76. The standard InChI is InChI=1S/C22H19ClN4O4S2/c23-19-11-20-21(32(29)26-14-25-20)12-22(19)33(30,31)27-17-6-3-15(4-7-17)10-18(28)8-5-16-2-1-9-24-13-16/h1-4,6-7,9,11-14,27H,5,8,10H2,(H,25,26). The average Bonchev–Trinajstić information content (AvgIpc) is 2.79. The van der Waals surface area contributed by atoms with E-state index in [1.54, 1.807) is 36.7 Å². The molecule has 170 valence electrons. The molecule has 2 N–H and O–H groups in total. The van der Waals surface area contributed by atoms with Gasteiger partial charge in [-0.15, -0.1) is 0 Å². The van der Waals surface area contributed by atoms with Crippen molar-refractivity contribution in [3.8, 4) is 0 Å². The average molecular weight is 503 g/mol. The van der Waals surface area contributed by atoms with Gasteiger partial charge in [-0.3, -0.25) is 14.5 Å². The molecule has 1 aliphatic heterocycles. The van der Waals surface area contributed by atoms with Gasteiger partial charge < -0.3 is 5.32 Å². The fourth-order valence-electron chi connectivity index (χ4n) is 3.25. The molecule has 0 spiro atoms. The summed E-state index contributed by atoms with van der Waals surface area (Å²) in [5.74, 6) is 0.0808. The first kappa shape index (κ1) is 23.1. The number of Topliss-reactive ketones (excluding diaryl/α,β-unsaturated/α-hetero) is 1. The Morgan fingerprint density at radius 2 is 1.91 bits per heavy atom. The van der Waals surface area contributed by atoms with Gasteiger partial charge in [0.1, 0.15) is 17.0 Å². The van der Waals surface area contributed by atoms with Gasteiger partial charge in [-0.05, 0) is 47.9 Å². The molecule has 0 fully saturated rings. The van der Waals surface area contributed by atoms with E-state index in [-0.39, 0.29) is 27.0 Å². The quantitative estimate of drug-likeness (QED) is 0.484. The van der Waals surface area contributed by atoms with Gasteiger partial charge in [0.25, 0.3) is 10.0 Å². The number of nitrogens with zero attached hydrogens (tertiary/aromatic N) is 2. The van der Waals surface area contributed by atoms with E-state index in [0.29, 0.717) is 24.2 Å². The van der Waals surface area contributed by atoms with Crippen molar-refractivity contribution in [2.45, 2.75) is 29.1 Å². The van der Waals surface area contributed by atoms with Gasteiger partial charge in [0.05, 0.1) is 15.6 Å². The molecule has 4 rings (SSSR count). The van der Waals surface area contributed by atoms with E-state index >= 15 is 0 Å². The molecule has 0 bridgehead atoms. The van der Waals surface area contributed by atoms with Crippen LogP contribution in [0.3, 0.4) is 0 Å². The molecule has 0 radical (unpaired) electrons. The molecule has 33 heavy (non-hydrogen) atoms. The van der Waals surface area contributed by atoms with Crippen LogP contribution in [0.15, 0.2) is 75.1 Å². The van der Waals surface area contributed by atoms with E-state index in [1.165, 1.54) is 18.5 Å². The number of carbonyl (C=O) groups excluding carboxylic acids is 1. The number of halogens is 1. The molecule has 2 heterocycles. The minimum absolute atomic E-state index is 0.0168. The number of fused-ring (bicyclic) bond motifs is 1. The SMILES string of the molecule is O=C(CCc1cccnc1)Cc1ccc(NS(=O)(=O)c2cc3c(cc2Cl)NC=NS3=O)cc1. The highest BCUT2D eigenvalue weighted by Gasteiger charge is 2.24. The number of pyridine rings is 1. The van der Waals surface area contributed by atoms with Crippen LogP contribution in [0, 0.1) is 0 Å². The fourth-order valence-corrected chi connectivity index (χ4v) is 5.72. The first-order valence-corrected chi connectivity index (χ1v) is 12.9. The summed E-state index contributed by atoms with van der Waals surface area (Å²) in [6, 6.07) is 13.0. The number of ketones is 1. The molecular formula is C22H19ClN4O4S2. The first-order chi connectivity index (χ1) is 15.8. The van der Waals surface area contributed by atoms with Crippen molar-refractivity contribution in [1.29, 1.82) is 0 Å². The second-order valence-electron chi connectivity index (χ2n) is 7.29. The Bertz CT molecular complexity index is 1340. The highest BCUT2D eigenvalue weighted by molar-refractivity contribution is 7.93. The Kier molecular flexibility index (Phi) is 6.87. The Hall–Kier alpha value is -3.08. The number of benzene rings is 2. The topological polar surface area (TPSA) is 118 Å². The molecule has 0 aliphatic carbocycles. The van der Waals surface area contributed by atoms with Crippen LogP contribution in [-0.2, 0) is 38.6 Å². The van der Waals surface area contributed by atoms with E-state index in [9.17, 15) is 17.4 Å². The molecule has 2 aromatic carbocycles. The number of rotatable bonds is 8. The van der Waals surface area contributed by atoms with Crippen LogP contribution in [-0.4, -0.2) is 29.7 Å². The maximum absolute atomic E-state index is 12.9. The summed E-state index contributed by atoms with van der Waals surface area (Å²) in [6.07, 6.45) is 5.97. The van der Waals surface area contributed by atoms with Crippen LogP contribution >= 0.6 is 11.6 Å². The third-order valence-corrected chi connectivity index (χ3v) is 7.76. The minimum atomic E-state index is -4.04. The summed E-state index contributed by atoms with van der Waals surface area (Å²) < 4.78 is 44.0. The van der Waals surface area contributed by atoms with Gasteiger partial charge in [0.2, 0.25) is 0 Å². The van der Waals surface area contributed by atoms with Crippen molar-refractivity contribution in [3.05, 3.63) is 77.1 Å². The maximum atomic E-state index is 12.9. The number of nitrogens with one attached hydrogen (secondary N) is 2. The van der Waals surface area contributed by atoms with Gasteiger partial charge in [-0.1, -0.05) is 29.8 Å². The van der Waals surface area contributed by atoms with E-state index in [0.717, 1.165) is 11.1 Å². The number of anilines is 2. The number of sulfonamides is 1. The molecular weight excluding hydrogens is 484 g/mol. The van der Waals surface area contributed by atoms with Gasteiger partial charge in [-0.25, -0.2) is 12.6 Å². The van der Waals surface area contributed by atoms with Crippen molar-refractivity contribution in [1.82, 2.24) is 4.98 Å². The monoisotopic (exact) mass is 502 g/mol. The minimum Gasteiger partial charge on any atom is -0.345 e. The summed E-state index contributed by atoms with van der Waals surface area (Å²) in [5, 5.41) is 2.77. The Balaban J connectivity index is 1.42. The zero-order valence-corrected chi connectivity index (χ0v) is 19.6. The van der Waals surface area contributed by atoms with E-state index in [4.69, 9.17) is 11.6 Å². The number of carbonyl (C=O) groups is 1. The van der Waals surface area contributed by atoms with E-state index < -0.39 is 21.0 Å². The summed E-state index contributed by atoms with van der Waals surface area (Å²) >= 11 is 6.17. The predicted octanol–water partition coefficient (Wildman–Crippen LogP) is 3.76. The van der Waals surface area contributed by atoms with Crippen LogP contribution in [0.25, 0.3) is 0 Å². The first-order valence-electron chi connectivity index (χ1n) is 9.89. The van der Waals surface area contributed by atoms with Gasteiger partial charge in [0.15, 0.2) is 11.0 Å². The Morgan fingerprint density at radius 3 is 2.64 bits per heavy atom. The van der Waals surface area contributed by atoms with Gasteiger partial charge >= 0.3 is 0 Å². The van der Waals surface area contributed by atoms with Crippen molar-refractivity contribution < 1.29 is 17.4 Å². The molecule has 11 heteroatoms. The molecule has 1 aliphatic rings. The molecule has 1 unspecified atom stereocenters. The molecule has 0 amide bonds. The van der Waals surface area contributed by atoms with E-state index in [1.807, 2.05) is 12.1 Å². The summed E-state index contributed by atoms with van der Waals surface area (Å²) in [4.78, 5) is 16.3. The lowest BCUT2D eigenvalue weighted by Crippen LogP contribution is -2.15. The Labute approximate surface area is 198 Å². The smallest absolute Gasteiger partial charge is 0.263 e. The Morgan fingerprint density at radius 1 is 1.12 bits per heavy atom. The highest BCUT2D eigenvalue weighted by Crippen LogP contribution is 2.33. The second kappa shape index (κ2) is 9.82. The lowest BCUT2D eigenvalue weighted by molar-refractivity contribution is -0.118. The molecule has 1 atom stereocenters. The summed E-state index contributed by atoms with van der Waals surface area (Å²) in [5.41, 5.74) is 2.53. The number of hydrogen-bond donors (Lipinski definition) is 2. The highest BCUT2D eigenvalue weighted by atomic mass is 35.5. The van der Waals surface area contributed by atoms with Crippen LogP contribution < -0.4 is 10.0 Å². The maximum Gasteiger partial charge on any atom is 0.263 e. The zero-order chi connectivity index (χ0) is 23.4. The lowest BCUT2D eigenvalue weighted by Gasteiger charge is -2.15. The van der Waals surface area contributed by atoms with Crippen molar-refractivity contribution in [3.63, 3.8) is 0 Å². The molecule has 0 saturated carbocycles. The number of hydrogen-bond acceptors (Lipinski definition) is 6. The van der Waals surface area contributed by atoms with E-state index in [2.05, 4.69) is 19.4 Å². The second-order valence-corrected chi connectivity index (χ2v) is 10.5. The number of aryl methyl sites for hydroxylation is 1. The third-order valence-electron chi connectivity index (χ3n) is 4.90. The van der Waals surface area contributed by atoms with Crippen molar-refractivity contribution >= 4 is 56.1 Å². The van der Waals surface area contributed by atoms with Crippen LogP contribution in [0.2, 0.25) is 5.02 Å². The van der Waals surface area contributed by atoms with Crippen LogP contribution in [0.5, 0.6) is 0 Å². The van der Waals surface area contributed by atoms with Crippen molar-refractivity contribution in [2.24, 2.45) is 4.40 Å². The third kappa shape index (κ3) is 5.65. The largest absolute Gasteiger partial charge is 0.345 e. The van der Waals surface area contributed by atoms with Gasteiger partial charge in [0, 0.05) is 30.9 Å².